The lowest BCUT2D eigenvalue weighted by atomic mass is 10.1. The summed E-state index contributed by atoms with van der Waals surface area (Å²) < 4.78 is 1.46. The van der Waals surface area contributed by atoms with Crippen LogP contribution in [0.25, 0.3) is 0 Å². The summed E-state index contributed by atoms with van der Waals surface area (Å²) in [4.78, 5) is 24.3. The highest BCUT2D eigenvalue weighted by molar-refractivity contribution is 7.99. The minimum Gasteiger partial charge on any atom is -0.382 e. The molecule has 2 N–H and O–H groups in total. The first-order valence-electron chi connectivity index (χ1n) is 10.8. The standard InChI is InChI=1S/C22H25N7O3S/c1-3-14-4-5-17(12-14)23-15-6-8-16(9-7-15)24-21(30)19-13-18(29(31)32)10-11-20(19)33-22-25-26-27-28(22)2/h6-11,13-14,17,23H,3-5,12H2,1-2H3,(H,24,30). The van der Waals surface area contributed by atoms with Gasteiger partial charge < -0.3 is 10.6 Å². The normalized spacial score (nSPS) is 17.6. The maximum absolute atomic E-state index is 13.0. The molecule has 2 aromatic carbocycles. The lowest BCUT2D eigenvalue weighted by Gasteiger charge is -2.15. The van der Waals surface area contributed by atoms with Crippen LogP contribution in [0.5, 0.6) is 0 Å². The van der Waals surface area contributed by atoms with Crippen molar-refractivity contribution in [2.75, 3.05) is 10.6 Å². The molecule has 1 aliphatic carbocycles. The first-order chi connectivity index (χ1) is 15.9. The summed E-state index contributed by atoms with van der Waals surface area (Å²) in [6.45, 7) is 2.24. The number of aryl methyl sites for hydroxylation is 1. The van der Waals surface area contributed by atoms with E-state index in [9.17, 15) is 14.9 Å². The third-order valence-corrected chi connectivity index (χ3v) is 6.94. The van der Waals surface area contributed by atoms with Crippen molar-refractivity contribution in [3.63, 3.8) is 0 Å². The molecule has 4 rings (SSSR count). The number of benzene rings is 2. The fourth-order valence-electron chi connectivity index (χ4n) is 3.96. The number of rotatable bonds is 8. The van der Waals surface area contributed by atoms with E-state index in [-0.39, 0.29) is 11.3 Å². The molecule has 1 heterocycles. The van der Waals surface area contributed by atoms with E-state index in [0.29, 0.717) is 21.8 Å². The number of hydrogen-bond acceptors (Lipinski definition) is 8. The molecule has 172 valence electrons. The number of anilines is 2. The van der Waals surface area contributed by atoms with Crippen LogP contribution in [0.4, 0.5) is 17.1 Å². The lowest BCUT2D eigenvalue weighted by molar-refractivity contribution is -0.384. The Morgan fingerprint density at radius 3 is 2.61 bits per heavy atom. The molecule has 3 aromatic rings. The molecule has 11 heteroatoms. The van der Waals surface area contributed by atoms with Crippen LogP contribution in [-0.2, 0) is 7.05 Å². The zero-order valence-electron chi connectivity index (χ0n) is 18.4. The van der Waals surface area contributed by atoms with Crippen molar-refractivity contribution in [3.8, 4) is 0 Å². The summed E-state index contributed by atoms with van der Waals surface area (Å²) in [6.07, 6.45) is 4.83. The molecule has 2 unspecified atom stereocenters. The van der Waals surface area contributed by atoms with Crippen molar-refractivity contribution in [3.05, 3.63) is 58.1 Å². The highest BCUT2D eigenvalue weighted by Crippen LogP contribution is 2.32. The third-order valence-electron chi connectivity index (χ3n) is 5.83. The highest BCUT2D eigenvalue weighted by atomic mass is 32.2. The van der Waals surface area contributed by atoms with E-state index in [0.717, 1.165) is 23.4 Å². The van der Waals surface area contributed by atoms with E-state index < -0.39 is 10.8 Å². The maximum Gasteiger partial charge on any atom is 0.270 e. The van der Waals surface area contributed by atoms with Gasteiger partial charge in [0.15, 0.2) is 0 Å². The predicted octanol–water partition coefficient (Wildman–Crippen LogP) is 4.51. The smallest absolute Gasteiger partial charge is 0.270 e. The summed E-state index contributed by atoms with van der Waals surface area (Å²) in [6, 6.07) is 12.1. The molecule has 0 spiro atoms. The number of carbonyl (C=O) groups excluding carboxylic acids is 1. The van der Waals surface area contributed by atoms with Gasteiger partial charge in [-0.2, -0.15) is 0 Å². The Labute approximate surface area is 195 Å². The zero-order chi connectivity index (χ0) is 23.4. The number of nitro benzene ring substituents is 1. The Balaban J connectivity index is 1.48. The second kappa shape index (κ2) is 9.99. The molecule has 0 bridgehead atoms. The minimum atomic E-state index is -0.526. The Morgan fingerprint density at radius 2 is 1.97 bits per heavy atom. The number of amides is 1. The first kappa shape index (κ1) is 22.7. The van der Waals surface area contributed by atoms with Gasteiger partial charge in [0.05, 0.1) is 10.5 Å². The van der Waals surface area contributed by atoms with Crippen LogP contribution in [0.1, 0.15) is 43.0 Å². The van der Waals surface area contributed by atoms with Crippen molar-refractivity contribution in [2.45, 2.75) is 48.7 Å². The van der Waals surface area contributed by atoms with Gasteiger partial charge in [0, 0.05) is 41.5 Å². The average Bonchev–Trinajstić information content (AvgIpc) is 3.43. The van der Waals surface area contributed by atoms with Crippen LogP contribution in [0, 0.1) is 16.0 Å². The number of carbonyl (C=O) groups is 1. The SMILES string of the molecule is CCC1CCC(Nc2ccc(NC(=O)c3cc([N+](=O)[O-])ccc3Sc3nnnn3C)cc2)C1. The van der Waals surface area contributed by atoms with Crippen molar-refractivity contribution in [2.24, 2.45) is 13.0 Å². The molecule has 0 aliphatic heterocycles. The maximum atomic E-state index is 13.0. The molecule has 1 fully saturated rings. The van der Waals surface area contributed by atoms with Gasteiger partial charge >= 0.3 is 0 Å². The van der Waals surface area contributed by atoms with Gasteiger partial charge in [0.2, 0.25) is 5.16 Å². The predicted molar refractivity (Wildman–Crippen MR) is 125 cm³/mol. The topological polar surface area (TPSA) is 128 Å². The molecular weight excluding hydrogens is 442 g/mol. The minimum absolute atomic E-state index is 0.165. The molecule has 2 atom stereocenters. The first-order valence-corrected chi connectivity index (χ1v) is 11.6. The second-order valence-electron chi connectivity index (χ2n) is 8.08. The van der Waals surface area contributed by atoms with Crippen molar-refractivity contribution >= 4 is 34.7 Å². The highest BCUT2D eigenvalue weighted by Gasteiger charge is 2.23. The Hall–Kier alpha value is -3.47. The summed E-state index contributed by atoms with van der Waals surface area (Å²) >= 11 is 1.16. The van der Waals surface area contributed by atoms with E-state index in [4.69, 9.17) is 0 Å². The quantitative estimate of drug-likeness (QED) is 0.366. The van der Waals surface area contributed by atoms with Crippen LogP contribution in [0.2, 0.25) is 0 Å². The van der Waals surface area contributed by atoms with E-state index in [1.54, 1.807) is 7.05 Å². The van der Waals surface area contributed by atoms with Gasteiger partial charge in [0.25, 0.3) is 11.6 Å². The van der Waals surface area contributed by atoms with Gasteiger partial charge in [-0.1, -0.05) is 13.3 Å². The van der Waals surface area contributed by atoms with Crippen LogP contribution < -0.4 is 10.6 Å². The van der Waals surface area contributed by atoms with Gasteiger partial charge in [-0.25, -0.2) is 4.68 Å². The van der Waals surface area contributed by atoms with Crippen molar-refractivity contribution < 1.29 is 9.72 Å². The number of non-ortho nitro benzene ring substituents is 1. The Bertz CT molecular complexity index is 1150. The Morgan fingerprint density at radius 1 is 1.21 bits per heavy atom. The number of hydrogen-bond donors (Lipinski definition) is 2. The van der Waals surface area contributed by atoms with Crippen molar-refractivity contribution in [1.29, 1.82) is 0 Å². The van der Waals surface area contributed by atoms with E-state index >= 15 is 0 Å². The second-order valence-corrected chi connectivity index (χ2v) is 9.09. The molecule has 1 saturated carbocycles. The van der Waals surface area contributed by atoms with Crippen molar-refractivity contribution in [1.82, 2.24) is 20.2 Å². The largest absolute Gasteiger partial charge is 0.382 e. The average molecular weight is 468 g/mol. The summed E-state index contributed by atoms with van der Waals surface area (Å²) in [5.74, 6) is 0.346. The van der Waals surface area contributed by atoms with E-state index in [1.165, 1.54) is 48.6 Å². The van der Waals surface area contributed by atoms with E-state index in [2.05, 4.69) is 33.1 Å². The fraction of sp³-hybridized carbons (Fsp3) is 0.364. The van der Waals surface area contributed by atoms with Crippen LogP contribution in [0.3, 0.4) is 0 Å². The molecule has 1 amide bonds. The molecular formula is C22H25N7O3S. The van der Waals surface area contributed by atoms with Gasteiger partial charge in [0.1, 0.15) is 0 Å². The Kier molecular flexibility index (Phi) is 6.87. The third kappa shape index (κ3) is 5.48. The monoisotopic (exact) mass is 467 g/mol. The number of nitrogens with zero attached hydrogens (tertiary/aromatic N) is 5. The summed E-state index contributed by atoms with van der Waals surface area (Å²) in [7, 11) is 1.68. The molecule has 33 heavy (non-hydrogen) atoms. The molecule has 10 nitrogen and oxygen atoms in total. The van der Waals surface area contributed by atoms with Crippen LogP contribution in [-0.4, -0.2) is 37.1 Å². The fourth-order valence-corrected chi connectivity index (χ4v) is 4.81. The van der Waals surface area contributed by atoms with Gasteiger partial charge in [-0.3, -0.25) is 14.9 Å². The van der Waals surface area contributed by atoms with Gasteiger partial charge in [-0.15, -0.1) is 5.10 Å². The number of nitrogens with one attached hydrogen (secondary N) is 2. The van der Waals surface area contributed by atoms with E-state index in [1.807, 2.05) is 24.3 Å². The number of tetrazole rings is 1. The number of aromatic nitrogens is 4. The zero-order valence-corrected chi connectivity index (χ0v) is 19.2. The molecule has 1 aromatic heterocycles. The molecule has 0 saturated heterocycles. The summed E-state index contributed by atoms with van der Waals surface area (Å²) in [5.41, 5.74) is 1.63. The van der Waals surface area contributed by atoms with Crippen LogP contribution >= 0.6 is 11.8 Å². The summed E-state index contributed by atoms with van der Waals surface area (Å²) in [5, 5.41) is 29.4. The molecule has 1 aliphatic rings. The lowest BCUT2D eigenvalue weighted by Crippen LogP contribution is -2.16. The molecule has 0 radical (unpaired) electrons. The van der Waals surface area contributed by atoms with Crippen LogP contribution in [0.15, 0.2) is 52.5 Å². The van der Waals surface area contributed by atoms with Gasteiger partial charge in [-0.05, 0) is 77.7 Å². The number of nitro groups is 1.